The Morgan fingerprint density at radius 1 is 1.14 bits per heavy atom. The second kappa shape index (κ2) is 11.1. The van der Waals surface area contributed by atoms with Crippen molar-refractivity contribution in [3.63, 3.8) is 0 Å². The summed E-state index contributed by atoms with van der Waals surface area (Å²) in [6.07, 6.45) is -0.824. The maximum absolute atomic E-state index is 14.1. The van der Waals surface area contributed by atoms with Crippen LogP contribution in [0, 0.1) is 40.9 Å². The fourth-order valence-electron chi connectivity index (χ4n) is 5.01. The fraction of sp³-hybridized carbons (Fsp3) is 0.400. The SMILES string of the molecule is COc1c([C@@H](Nc2cc(C#N)c3ncc(C#N)c(NCC(C)(C)C)c3c2)c2ccc(F)nc2C)nnn1C1(C(F)F)CC1. The van der Waals surface area contributed by atoms with E-state index in [4.69, 9.17) is 4.74 Å². The van der Waals surface area contributed by atoms with Crippen LogP contribution in [0.2, 0.25) is 0 Å². The molecule has 1 aromatic carbocycles. The summed E-state index contributed by atoms with van der Waals surface area (Å²) in [4.78, 5) is 8.34. The van der Waals surface area contributed by atoms with Crippen molar-refractivity contribution in [2.24, 2.45) is 5.41 Å². The zero-order chi connectivity index (χ0) is 31.1. The lowest BCUT2D eigenvalue weighted by Crippen LogP contribution is -2.27. The van der Waals surface area contributed by atoms with Gasteiger partial charge in [0.05, 0.1) is 29.4 Å². The Kier molecular flexibility index (Phi) is 7.61. The van der Waals surface area contributed by atoms with E-state index in [0.717, 1.165) is 4.68 Å². The van der Waals surface area contributed by atoms with Gasteiger partial charge in [0.1, 0.15) is 23.7 Å². The van der Waals surface area contributed by atoms with Crippen LogP contribution in [0.25, 0.3) is 10.9 Å². The van der Waals surface area contributed by atoms with Crippen LogP contribution in [0.3, 0.4) is 0 Å². The van der Waals surface area contributed by atoms with Gasteiger partial charge in [0.15, 0.2) is 5.69 Å². The number of ether oxygens (including phenoxy) is 1. The molecular weight excluding hydrogens is 559 g/mol. The lowest BCUT2D eigenvalue weighted by molar-refractivity contribution is 0.0545. The highest BCUT2D eigenvalue weighted by atomic mass is 19.3. The molecule has 0 unspecified atom stereocenters. The monoisotopic (exact) mass is 589 g/mol. The lowest BCUT2D eigenvalue weighted by Gasteiger charge is -2.23. The first-order valence-corrected chi connectivity index (χ1v) is 13.6. The van der Waals surface area contributed by atoms with E-state index in [-0.39, 0.29) is 35.4 Å². The molecule has 0 aliphatic heterocycles. The first-order valence-electron chi connectivity index (χ1n) is 13.6. The van der Waals surface area contributed by atoms with E-state index in [2.05, 4.69) is 43.1 Å². The van der Waals surface area contributed by atoms with Crippen LogP contribution in [0.5, 0.6) is 5.88 Å². The number of nitrogens with one attached hydrogen (secondary N) is 2. The van der Waals surface area contributed by atoms with E-state index in [1.807, 2.05) is 20.8 Å². The molecule has 1 saturated carbocycles. The van der Waals surface area contributed by atoms with Crippen molar-refractivity contribution in [1.29, 1.82) is 10.5 Å². The summed E-state index contributed by atoms with van der Waals surface area (Å²) in [5, 5.41) is 35.4. The highest BCUT2D eigenvalue weighted by molar-refractivity contribution is 5.99. The molecule has 10 nitrogen and oxygen atoms in total. The quantitative estimate of drug-likeness (QED) is 0.231. The van der Waals surface area contributed by atoms with Crippen molar-refractivity contribution in [2.75, 3.05) is 24.3 Å². The summed E-state index contributed by atoms with van der Waals surface area (Å²) in [6.45, 7) is 8.30. The number of hydrogen-bond donors (Lipinski definition) is 2. The van der Waals surface area contributed by atoms with Gasteiger partial charge in [-0.15, -0.1) is 5.10 Å². The standard InChI is InChI=1S/C30H30F3N9O/c1-16-20(6-7-22(31)38-16)25(26-27(43-5)42(41-40-26)30(8-9-30)28(32)33)39-19-10-17(12-34)23-21(11-19)24(18(13-35)14-36-23)37-15-29(2,3)4/h6-7,10-11,14,25,28,39H,8-9,15H2,1-5H3,(H,36,37)/t25-/m0/s1. The maximum Gasteiger partial charge on any atom is 0.263 e. The van der Waals surface area contributed by atoms with Gasteiger partial charge in [0.2, 0.25) is 11.8 Å². The Hall–Kier alpha value is -4.91. The molecule has 0 bridgehead atoms. The van der Waals surface area contributed by atoms with Gasteiger partial charge >= 0.3 is 0 Å². The average Bonchev–Trinajstić information content (AvgIpc) is 3.66. The van der Waals surface area contributed by atoms with Crippen LogP contribution in [-0.4, -0.2) is 45.0 Å². The summed E-state index contributed by atoms with van der Waals surface area (Å²) < 4.78 is 48.9. The second-order valence-corrected chi connectivity index (χ2v) is 11.8. The van der Waals surface area contributed by atoms with E-state index in [1.54, 1.807) is 19.1 Å². The molecule has 2 N–H and O–H groups in total. The molecule has 5 rings (SSSR count). The zero-order valence-electron chi connectivity index (χ0n) is 24.3. The van der Waals surface area contributed by atoms with Gasteiger partial charge in [-0.3, -0.25) is 4.98 Å². The maximum atomic E-state index is 14.1. The molecule has 1 atom stereocenters. The molecule has 1 fully saturated rings. The number of rotatable bonds is 9. The molecule has 1 aliphatic carbocycles. The van der Waals surface area contributed by atoms with Crippen molar-refractivity contribution >= 4 is 22.3 Å². The number of hydrogen-bond acceptors (Lipinski definition) is 9. The zero-order valence-corrected chi connectivity index (χ0v) is 24.3. The number of halogens is 3. The van der Waals surface area contributed by atoms with E-state index in [1.165, 1.54) is 25.4 Å². The summed E-state index contributed by atoms with van der Waals surface area (Å²) in [7, 11) is 1.35. The minimum absolute atomic E-state index is 0.0290. The number of aromatic nitrogens is 5. The largest absolute Gasteiger partial charge is 0.480 e. The van der Waals surface area contributed by atoms with Gasteiger partial charge in [-0.25, -0.2) is 18.4 Å². The van der Waals surface area contributed by atoms with Crippen molar-refractivity contribution in [1.82, 2.24) is 25.0 Å². The molecule has 13 heteroatoms. The van der Waals surface area contributed by atoms with E-state index < -0.39 is 24.0 Å². The van der Waals surface area contributed by atoms with Crippen LogP contribution in [0.1, 0.15) is 67.7 Å². The Balaban J connectivity index is 1.69. The van der Waals surface area contributed by atoms with Gasteiger partial charge in [-0.05, 0) is 43.4 Å². The molecule has 3 heterocycles. The molecule has 1 aliphatic rings. The Morgan fingerprint density at radius 3 is 2.44 bits per heavy atom. The topological polar surface area (TPSA) is 137 Å². The van der Waals surface area contributed by atoms with Crippen LogP contribution in [0.15, 0.2) is 30.5 Å². The highest BCUT2D eigenvalue weighted by Gasteiger charge is 2.56. The van der Waals surface area contributed by atoms with Crippen LogP contribution < -0.4 is 15.4 Å². The predicted molar refractivity (Wildman–Crippen MR) is 153 cm³/mol. The van der Waals surface area contributed by atoms with Crippen LogP contribution in [-0.2, 0) is 5.54 Å². The van der Waals surface area contributed by atoms with Crippen molar-refractivity contribution in [3.8, 4) is 18.0 Å². The number of pyridine rings is 2. The van der Waals surface area contributed by atoms with Gasteiger partial charge in [0.25, 0.3) is 6.43 Å². The average molecular weight is 590 g/mol. The Bertz CT molecular complexity index is 1780. The van der Waals surface area contributed by atoms with E-state index in [9.17, 15) is 23.7 Å². The molecule has 43 heavy (non-hydrogen) atoms. The van der Waals surface area contributed by atoms with Crippen molar-refractivity contribution in [2.45, 2.75) is 58.5 Å². The minimum atomic E-state index is -2.68. The van der Waals surface area contributed by atoms with Crippen molar-refractivity contribution < 1.29 is 17.9 Å². The first-order chi connectivity index (χ1) is 20.4. The molecule has 3 aromatic heterocycles. The molecule has 222 valence electrons. The number of alkyl halides is 2. The van der Waals surface area contributed by atoms with E-state index in [0.29, 0.717) is 45.6 Å². The number of fused-ring (bicyclic) bond motifs is 1. The molecule has 0 radical (unpaired) electrons. The Morgan fingerprint density at radius 2 is 1.86 bits per heavy atom. The number of anilines is 2. The summed E-state index contributed by atoms with van der Waals surface area (Å²) >= 11 is 0. The van der Waals surface area contributed by atoms with Crippen LogP contribution >= 0.6 is 0 Å². The third kappa shape index (κ3) is 5.50. The number of nitrogens with zero attached hydrogens (tertiary/aromatic N) is 7. The summed E-state index contributed by atoms with van der Waals surface area (Å²) in [5.41, 5.74) is 1.26. The highest BCUT2D eigenvalue weighted by Crippen LogP contribution is 2.51. The van der Waals surface area contributed by atoms with Gasteiger partial charge in [-0.1, -0.05) is 32.1 Å². The minimum Gasteiger partial charge on any atom is -0.480 e. The van der Waals surface area contributed by atoms with E-state index >= 15 is 0 Å². The molecule has 4 aromatic rings. The summed E-state index contributed by atoms with van der Waals surface area (Å²) in [6, 6.07) is 9.48. The third-order valence-corrected chi connectivity index (χ3v) is 7.43. The second-order valence-electron chi connectivity index (χ2n) is 11.8. The molecular formula is C30H30F3N9O. The lowest BCUT2D eigenvalue weighted by atomic mass is 9.96. The smallest absolute Gasteiger partial charge is 0.263 e. The third-order valence-electron chi connectivity index (χ3n) is 7.43. The van der Waals surface area contributed by atoms with Gasteiger partial charge in [-0.2, -0.15) is 14.9 Å². The van der Waals surface area contributed by atoms with Crippen LogP contribution in [0.4, 0.5) is 24.5 Å². The number of benzene rings is 1. The number of nitriles is 2. The van der Waals surface area contributed by atoms with Gasteiger partial charge in [0, 0.05) is 35.1 Å². The molecule has 0 spiro atoms. The Labute approximate surface area is 246 Å². The predicted octanol–water partition coefficient (Wildman–Crippen LogP) is 5.83. The molecule has 0 saturated heterocycles. The van der Waals surface area contributed by atoms with Crippen molar-refractivity contribution in [3.05, 3.63) is 64.5 Å². The number of aryl methyl sites for hydroxylation is 1. The first kappa shape index (κ1) is 29.6. The summed E-state index contributed by atoms with van der Waals surface area (Å²) in [5.74, 6) is -0.659. The normalized spacial score (nSPS) is 14.7. The molecule has 0 amide bonds. The fourth-order valence-corrected chi connectivity index (χ4v) is 5.01. The number of methoxy groups -OCH3 is 1. The van der Waals surface area contributed by atoms with Gasteiger partial charge < -0.3 is 15.4 Å².